The molecule has 3 heteroatoms. The summed E-state index contributed by atoms with van der Waals surface area (Å²) in [6, 6.07) is 0. The molecule has 1 aliphatic rings. The van der Waals surface area contributed by atoms with Crippen LogP contribution in [-0.4, -0.2) is 49.3 Å². The summed E-state index contributed by atoms with van der Waals surface area (Å²) in [5, 5.41) is 11.3. The quantitative estimate of drug-likeness (QED) is 0.475. The van der Waals surface area contributed by atoms with Crippen LogP contribution >= 0.6 is 0 Å². The first-order chi connectivity index (χ1) is 6.35. The van der Waals surface area contributed by atoms with Crippen LogP contribution in [0.5, 0.6) is 0 Å². The lowest BCUT2D eigenvalue weighted by atomic mass is 10.5. The lowest BCUT2D eigenvalue weighted by Gasteiger charge is -1.95. The Kier molecular flexibility index (Phi) is 9.87. The molecule has 80 valence electrons. The predicted molar refractivity (Wildman–Crippen MR) is 57.0 cm³/mol. The Morgan fingerprint density at radius 2 is 1.85 bits per heavy atom. The van der Waals surface area contributed by atoms with Crippen molar-refractivity contribution < 1.29 is 5.11 Å². The highest BCUT2D eigenvalue weighted by molar-refractivity contribution is 4.70. The highest BCUT2D eigenvalue weighted by Gasteiger charge is 2.13. The number of nitrogens with zero attached hydrogens (tertiary/aromatic N) is 1. The number of nitrogens with one attached hydrogen (secondary N) is 1. The Balaban J connectivity index is 0.000000223. The summed E-state index contributed by atoms with van der Waals surface area (Å²) in [5.41, 5.74) is 0. The van der Waals surface area contributed by atoms with Gasteiger partial charge in [0.1, 0.15) is 0 Å². The zero-order valence-electron chi connectivity index (χ0n) is 9.05. The highest BCUT2D eigenvalue weighted by Crippen LogP contribution is 2.01. The van der Waals surface area contributed by atoms with E-state index in [1.807, 2.05) is 0 Å². The van der Waals surface area contributed by atoms with Gasteiger partial charge in [-0.2, -0.15) is 0 Å². The predicted octanol–water partition coefficient (Wildman–Crippen LogP) is 0.690. The molecule has 0 radical (unpaired) electrons. The molecule has 0 saturated carbocycles. The van der Waals surface area contributed by atoms with Gasteiger partial charge in [0.25, 0.3) is 0 Å². The van der Waals surface area contributed by atoms with E-state index in [1.165, 1.54) is 26.1 Å². The maximum absolute atomic E-state index is 8.23. The van der Waals surface area contributed by atoms with Crippen LogP contribution in [-0.2, 0) is 0 Å². The molecule has 0 atom stereocenters. The van der Waals surface area contributed by atoms with Crippen molar-refractivity contribution in [2.45, 2.75) is 26.7 Å². The number of rotatable bonds is 6. The molecule has 0 aromatic rings. The molecule has 0 spiro atoms. The number of aliphatic hydroxyl groups excluding tert-OH is 1. The van der Waals surface area contributed by atoms with Crippen LogP contribution in [0.1, 0.15) is 26.7 Å². The summed E-state index contributed by atoms with van der Waals surface area (Å²) in [7, 11) is 0. The molecule has 0 aromatic carbocycles. The van der Waals surface area contributed by atoms with Gasteiger partial charge in [0.15, 0.2) is 0 Å². The van der Waals surface area contributed by atoms with Crippen LogP contribution < -0.4 is 5.32 Å². The molecule has 0 bridgehead atoms. The van der Waals surface area contributed by atoms with Gasteiger partial charge in [-0.05, 0) is 25.9 Å². The first-order valence-corrected chi connectivity index (χ1v) is 5.39. The second kappa shape index (κ2) is 9.96. The van der Waals surface area contributed by atoms with Crippen LogP contribution in [0.25, 0.3) is 0 Å². The minimum Gasteiger partial charge on any atom is -0.395 e. The maximum Gasteiger partial charge on any atom is 0.0555 e. The van der Waals surface area contributed by atoms with Gasteiger partial charge < -0.3 is 15.3 Å². The SMILES string of the molecule is CCCN1CC1.CCCNCCO. The topological polar surface area (TPSA) is 35.3 Å². The number of hydrogen-bond donors (Lipinski definition) is 2. The van der Waals surface area contributed by atoms with E-state index in [4.69, 9.17) is 5.11 Å². The van der Waals surface area contributed by atoms with E-state index in [0.29, 0.717) is 0 Å². The van der Waals surface area contributed by atoms with Gasteiger partial charge in [-0.15, -0.1) is 0 Å². The molecule has 1 aliphatic heterocycles. The summed E-state index contributed by atoms with van der Waals surface area (Å²) in [6.07, 6.45) is 2.46. The van der Waals surface area contributed by atoms with Gasteiger partial charge in [0.05, 0.1) is 6.61 Å². The molecule has 0 unspecified atom stereocenters. The first kappa shape index (κ1) is 12.9. The summed E-state index contributed by atoms with van der Waals surface area (Å²) in [6.45, 7) is 10.3. The molecule has 0 aliphatic carbocycles. The van der Waals surface area contributed by atoms with Crippen molar-refractivity contribution in [1.29, 1.82) is 0 Å². The monoisotopic (exact) mass is 188 g/mol. The lowest BCUT2D eigenvalue weighted by Crippen LogP contribution is -2.18. The molecule has 1 fully saturated rings. The molecule has 3 nitrogen and oxygen atoms in total. The van der Waals surface area contributed by atoms with E-state index < -0.39 is 0 Å². The standard InChI is InChI=1S/C5H13NO.C5H11N/c1-2-3-6-4-5-7;1-2-3-6-4-5-6/h6-7H,2-5H2,1H3;2-5H2,1H3. The van der Waals surface area contributed by atoms with Crippen LogP contribution in [0.15, 0.2) is 0 Å². The third-order valence-corrected chi connectivity index (χ3v) is 1.80. The number of hydrogen-bond acceptors (Lipinski definition) is 3. The second-order valence-corrected chi connectivity index (χ2v) is 3.32. The van der Waals surface area contributed by atoms with Gasteiger partial charge >= 0.3 is 0 Å². The molecule has 13 heavy (non-hydrogen) atoms. The molecule has 1 heterocycles. The van der Waals surface area contributed by atoms with E-state index in [2.05, 4.69) is 24.1 Å². The third kappa shape index (κ3) is 11.9. The second-order valence-electron chi connectivity index (χ2n) is 3.32. The van der Waals surface area contributed by atoms with Gasteiger partial charge in [0.2, 0.25) is 0 Å². The summed E-state index contributed by atoms with van der Waals surface area (Å²) >= 11 is 0. The fraction of sp³-hybridized carbons (Fsp3) is 1.00. The van der Waals surface area contributed by atoms with Crippen molar-refractivity contribution >= 4 is 0 Å². The minimum atomic E-state index is 0.250. The molecule has 0 aromatic heterocycles. The van der Waals surface area contributed by atoms with Crippen molar-refractivity contribution in [3.8, 4) is 0 Å². The maximum atomic E-state index is 8.23. The zero-order valence-corrected chi connectivity index (χ0v) is 9.05. The molecular weight excluding hydrogens is 164 g/mol. The first-order valence-electron chi connectivity index (χ1n) is 5.39. The Bertz CT molecular complexity index is 90.9. The van der Waals surface area contributed by atoms with E-state index in [9.17, 15) is 0 Å². The van der Waals surface area contributed by atoms with E-state index >= 15 is 0 Å². The fourth-order valence-corrected chi connectivity index (χ4v) is 0.991. The Morgan fingerprint density at radius 1 is 1.15 bits per heavy atom. The van der Waals surface area contributed by atoms with E-state index in [-0.39, 0.29) is 6.61 Å². The van der Waals surface area contributed by atoms with Crippen LogP contribution in [0, 0.1) is 0 Å². The van der Waals surface area contributed by atoms with Gasteiger partial charge in [0, 0.05) is 19.6 Å². The molecule has 0 amide bonds. The molecule has 1 rings (SSSR count). The molecule has 1 saturated heterocycles. The van der Waals surface area contributed by atoms with Crippen LogP contribution in [0.3, 0.4) is 0 Å². The van der Waals surface area contributed by atoms with Crippen molar-refractivity contribution in [2.75, 3.05) is 39.3 Å². The van der Waals surface area contributed by atoms with Gasteiger partial charge in [-0.3, -0.25) is 0 Å². The van der Waals surface area contributed by atoms with Crippen molar-refractivity contribution in [3.05, 3.63) is 0 Å². The Hall–Kier alpha value is -0.120. The van der Waals surface area contributed by atoms with Gasteiger partial charge in [-0.25, -0.2) is 0 Å². The van der Waals surface area contributed by atoms with Crippen molar-refractivity contribution in [2.24, 2.45) is 0 Å². The van der Waals surface area contributed by atoms with Gasteiger partial charge in [-0.1, -0.05) is 13.8 Å². The van der Waals surface area contributed by atoms with E-state index in [1.54, 1.807) is 0 Å². The Labute approximate surface area is 82.1 Å². The smallest absolute Gasteiger partial charge is 0.0555 e. The molecular formula is C10H24N2O. The largest absolute Gasteiger partial charge is 0.395 e. The Morgan fingerprint density at radius 3 is 2.15 bits per heavy atom. The average molecular weight is 188 g/mol. The highest BCUT2D eigenvalue weighted by atomic mass is 16.3. The minimum absolute atomic E-state index is 0.250. The summed E-state index contributed by atoms with van der Waals surface area (Å²) in [4.78, 5) is 2.43. The fourth-order valence-electron chi connectivity index (χ4n) is 0.991. The normalized spacial score (nSPS) is 15.0. The summed E-state index contributed by atoms with van der Waals surface area (Å²) in [5.74, 6) is 0. The lowest BCUT2D eigenvalue weighted by molar-refractivity contribution is 0.292. The van der Waals surface area contributed by atoms with E-state index in [0.717, 1.165) is 19.5 Å². The summed E-state index contributed by atoms with van der Waals surface area (Å²) < 4.78 is 0. The van der Waals surface area contributed by atoms with Crippen LogP contribution in [0.2, 0.25) is 0 Å². The number of aliphatic hydroxyl groups is 1. The van der Waals surface area contributed by atoms with Crippen LogP contribution in [0.4, 0.5) is 0 Å². The molecule has 2 N–H and O–H groups in total. The zero-order chi connectivity index (χ0) is 9.94. The average Bonchev–Trinajstić information content (AvgIpc) is 2.91. The third-order valence-electron chi connectivity index (χ3n) is 1.80. The van der Waals surface area contributed by atoms with Crippen molar-refractivity contribution in [3.63, 3.8) is 0 Å². The van der Waals surface area contributed by atoms with Crippen molar-refractivity contribution in [1.82, 2.24) is 10.2 Å².